The van der Waals surface area contributed by atoms with Crippen molar-refractivity contribution in [3.63, 3.8) is 0 Å². The number of hydrogen-bond donors (Lipinski definition) is 3. The average molecular weight is 573 g/mol. The van der Waals surface area contributed by atoms with Crippen LogP contribution in [0.2, 0.25) is 0 Å². The van der Waals surface area contributed by atoms with Crippen LogP contribution in [0.3, 0.4) is 0 Å². The number of aromatic amines is 1. The van der Waals surface area contributed by atoms with Gasteiger partial charge in [0, 0.05) is 56.9 Å². The maximum absolute atomic E-state index is 10.6. The molecule has 4 heterocycles. The van der Waals surface area contributed by atoms with Gasteiger partial charge < -0.3 is 14.9 Å². The third-order valence-electron chi connectivity index (χ3n) is 5.76. The summed E-state index contributed by atoms with van der Waals surface area (Å²) in [5.74, 6) is -5.51. The molecule has 0 radical (unpaired) electrons. The van der Waals surface area contributed by atoms with Crippen molar-refractivity contribution in [3.8, 4) is 0 Å². The van der Waals surface area contributed by atoms with Gasteiger partial charge in [0.15, 0.2) is 0 Å². The molecule has 0 saturated carbocycles. The molecule has 12 nitrogen and oxygen atoms in total. The second kappa shape index (κ2) is 13.7. The van der Waals surface area contributed by atoms with Crippen LogP contribution in [0.4, 0.5) is 26.3 Å². The molecule has 2 aliphatic heterocycles. The van der Waals surface area contributed by atoms with Gasteiger partial charge in [0.1, 0.15) is 0 Å². The number of carboxylic acid groups (broad SMARTS) is 2. The lowest BCUT2D eigenvalue weighted by atomic mass is 9.80. The molecule has 2 aromatic heterocycles. The van der Waals surface area contributed by atoms with E-state index in [9.17, 15) is 26.3 Å². The third-order valence-corrected chi connectivity index (χ3v) is 5.76. The van der Waals surface area contributed by atoms with Crippen LogP contribution in [0.5, 0.6) is 0 Å². The number of halogens is 6. The summed E-state index contributed by atoms with van der Waals surface area (Å²) in [7, 11) is 1.97. The number of hydrogen-bond acceptors (Lipinski definition) is 8. The predicted molar refractivity (Wildman–Crippen MR) is 120 cm³/mol. The van der Waals surface area contributed by atoms with E-state index in [1.807, 2.05) is 24.1 Å². The van der Waals surface area contributed by atoms with Gasteiger partial charge in [0.25, 0.3) is 0 Å². The fourth-order valence-corrected chi connectivity index (χ4v) is 4.25. The molecule has 1 spiro atoms. The van der Waals surface area contributed by atoms with Crippen LogP contribution >= 0.6 is 0 Å². The smallest absolute Gasteiger partial charge is 0.475 e. The minimum Gasteiger partial charge on any atom is -0.475 e. The molecule has 2 fully saturated rings. The third kappa shape index (κ3) is 11.2. The van der Waals surface area contributed by atoms with Gasteiger partial charge in [-0.3, -0.25) is 14.5 Å². The Morgan fingerprint density at radius 3 is 2.10 bits per heavy atom. The number of piperidine rings is 1. The molecule has 1 atom stereocenters. The Kier molecular flexibility index (Phi) is 11.2. The summed E-state index contributed by atoms with van der Waals surface area (Å²) < 4.78 is 71.4. The molecule has 220 valence electrons. The van der Waals surface area contributed by atoms with E-state index in [0.29, 0.717) is 0 Å². The maximum Gasteiger partial charge on any atom is 0.490 e. The van der Waals surface area contributed by atoms with Crippen LogP contribution in [0.15, 0.2) is 18.6 Å². The largest absolute Gasteiger partial charge is 0.490 e. The summed E-state index contributed by atoms with van der Waals surface area (Å²) in [6.45, 7) is 7.70. The SMILES string of the molecule is Cn1cc(CN2CCCC3(COCCN(Cc4cn[nH]n4)C3)C2)cn1.O=C(O)C(F)(F)F.O=C(O)C(F)(F)F. The van der Waals surface area contributed by atoms with E-state index in [1.54, 1.807) is 0 Å². The first-order valence-electron chi connectivity index (χ1n) is 11.5. The molecule has 3 N–H and O–H groups in total. The summed E-state index contributed by atoms with van der Waals surface area (Å²) in [6, 6.07) is 0. The summed E-state index contributed by atoms with van der Waals surface area (Å²) >= 11 is 0. The highest BCUT2D eigenvalue weighted by atomic mass is 19.4. The molecule has 1 unspecified atom stereocenters. The summed E-state index contributed by atoms with van der Waals surface area (Å²) in [4.78, 5) is 22.8. The van der Waals surface area contributed by atoms with Crippen LogP contribution in [-0.4, -0.2) is 109 Å². The monoisotopic (exact) mass is 573 g/mol. The zero-order valence-corrected chi connectivity index (χ0v) is 20.9. The van der Waals surface area contributed by atoms with Crippen LogP contribution in [0, 0.1) is 5.41 Å². The first-order chi connectivity index (χ1) is 18.1. The zero-order valence-electron chi connectivity index (χ0n) is 20.9. The van der Waals surface area contributed by atoms with Gasteiger partial charge in [0.2, 0.25) is 0 Å². The van der Waals surface area contributed by atoms with Crippen molar-refractivity contribution in [2.45, 2.75) is 38.3 Å². The second-order valence-corrected chi connectivity index (χ2v) is 9.17. The number of nitrogens with one attached hydrogen (secondary N) is 1. The molecular formula is C21H29F6N7O5. The van der Waals surface area contributed by atoms with E-state index in [4.69, 9.17) is 24.5 Å². The Hall–Kier alpha value is -3.25. The molecule has 2 aliphatic rings. The quantitative estimate of drug-likeness (QED) is 0.463. The van der Waals surface area contributed by atoms with Gasteiger partial charge in [0.05, 0.1) is 31.3 Å². The van der Waals surface area contributed by atoms with Crippen molar-refractivity contribution < 1.29 is 50.9 Å². The van der Waals surface area contributed by atoms with E-state index < -0.39 is 24.3 Å². The standard InChI is InChI=1S/C17H27N7O.2C2HF3O2/c1-22-9-15(7-19-22)10-23-4-2-3-17(12-23)13-24(5-6-25-14-17)11-16-8-18-21-20-16;2*3-2(4,5)1(6)7/h7-9H,2-6,10-14H2,1H3,(H,18,20,21);2*(H,6,7). The summed E-state index contributed by atoms with van der Waals surface area (Å²) in [5, 5.41) is 29.4. The van der Waals surface area contributed by atoms with Crippen molar-refractivity contribution in [3.05, 3.63) is 29.8 Å². The van der Waals surface area contributed by atoms with Crippen molar-refractivity contribution >= 4 is 11.9 Å². The molecule has 18 heteroatoms. The predicted octanol–water partition coefficient (Wildman–Crippen LogP) is 1.92. The highest BCUT2D eigenvalue weighted by molar-refractivity contribution is 5.73. The van der Waals surface area contributed by atoms with Gasteiger partial charge in [-0.1, -0.05) is 0 Å². The molecule has 2 saturated heterocycles. The van der Waals surface area contributed by atoms with E-state index in [-0.39, 0.29) is 5.41 Å². The molecule has 39 heavy (non-hydrogen) atoms. The Labute approximate surface area is 218 Å². The molecule has 0 aromatic carbocycles. The van der Waals surface area contributed by atoms with Crippen molar-refractivity contribution in [2.24, 2.45) is 12.5 Å². The number of alkyl halides is 6. The molecule has 0 bridgehead atoms. The number of nitrogens with zero attached hydrogens (tertiary/aromatic N) is 6. The van der Waals surface area contributed by atoms with E-state index in [2.05, 4.69) is 36.5 Å². The van der Waals surface area contributed by atoms with Gasteiger partial charge in [-0.25, -0.2) is 9.59 Å². The number of carbonyl (C=O) groups is 2. The van der Waals surface area contributed by atoms with E-state index >= 15 is 0 Å². The summed E-state index contributed by atoms with van der Waals surface area (Å²) in [6.07, 6.45) is -1.81. The second-order valence-electron chi connectivity index (χ2n) is 9.17. The highest BCUT2D eigenvalue weighted by Gasteiger charge is 2.40. The Morgan fingerprint density at radius 1 is 1.03 bits per heavy atom. The first kappa shape index (κ1) is 32.0. The lowest BCUT2D eigenvalue weighted by Crippen LogP contribution is -2.50. The van der Waals surface area contributed by atoms with Gasteiger partial charge in [-0.15, -0.1) is 0 Å². The van der Waals surface area contributed by atoms with Crippen molar-refractivity contribution in [2.75, 3.05) is 39.4 Å². The molecular weight excluding hydrogens is 544 g/mol. The number of aromatic nitrogens is 5. The van der Waals surface area contributed by atoms with E-state index in [1.165, 1.54) is 18.4 Å². The van der Waals surface area contributed by atoms with Gasteiger partial charge >= 0.3 is 24.3 Å². The molecule has 0 amide bonds. The number of ether oxygens (including phenoxy) is 1. The fourth-order valence-electron chi connectivity index (χ4n) is 4.25. The first-order valence-corrected chi connectivity index (χ1v) is 11.5. The number of rotatable bonds is 4. The number of aliphatic carboxylic acids is 2. The van der Waals surface area contributed by atoms with E-state index in [0.717, 1.165) is 58.2 Å². The number of carboxylic acids is 2. The number of H-pyrrole nitrogens is 1. The maximum atomic E-state index is 10.6. The lowest BCUT2D eigenvalue weighted by Gasteiger charge is -2.43. The Bertz CT molecular complexity index is 1020. The lowest BCUT2D eigenvalue weighted by molar-refractivity contribution is -0.193. The van der Waals surface area contributed by atoms with Crippen LogP contribution in [0.1, 0.15) is 24.1 Å². The minimum absolute atomic E-state index is 0.209. The van der Waals surface area contributed by atoms with Gasteiger partial charge in [-0.2, -0.15) is 46.9 Å². The van der Waals surface area contributed by atoms with Crippen molar-refractivity contribution in [1.29, 1.82) is 0 Å². The normalized spacial score (nSPS) is 20.8. The molecule has 2 aromatic rings. The van der Waals surface area contributed by atoms with Gasteiger partial charge in [-0.05, 0) is 19.4 Å². The van der Waals surface area contributed by atoms with Crippen LogP contribution < -0.4 is 0 Å². The summed E-state index contributed by atoms with van der Waals surface area (Å²) in [5.41, 5.74) is 2.49. The molecule has 4 rings (SSSR count). The number of likely N-dealkylation sites (tertiary alicyclic amines) is 1. The minimum atomic E-state index is -5.08. The average Bonchev–Trinajstić information content (AvgIpc) is 3.43. The van der Waals surface area contributed by atoms with Crippen LogP contribution in [-0.2, 0) is 34.5 Å². The molecule has 0 aliphatic carbocycles. The zero-order chi connectivity index (χ0) is 29.3. The number of aryl methyl sites for hydroxylation is 1. The Morgan fingerprint density at radius 2 is 1.62 bits per heavy atom. The highest BCUT2D eigenvalue weighted by Crippen LogP contribution is 2.34. The topological polar surface area (TPSA) is 150 Å². The Balaban J connectivity index is 0.000000317. The van der Waals surface area contributed by atoms with Crippen molar-refractivity contribution in [1.82, 2.24) is 35.0 Å². The fraction of sp³-hybridized carbons (Fsp3) is 0.667. The van der Waals surface area contributed by atoms with Crippen LogP contribution in [0.25, 0.3) is 0 Å².